The lowest BCUT2D eigenvalue weighted by molar-refractivity contribution is -0.136. The van der Waals surface area contributed by atoms with Crippen molar-refractivity contribution in [1.29, 1.82) is 0 Å². The van der Waals surface area contributed by atoms with E-state index in [0.717, 1.165) is 10.9 Å². The molecule has 0 aliphatic rings. The summed E-state index contributed by atoms with van der Waals surface area (Å²) in [6.07, 6.45) is 1.51. The minimum atomic E-state index is -0.830. The molecule has 5 nitrogen and oxygen atoms in total. The summed E-state index contributed by atoms with van der Waals surface area (Å²) >= 11 is 5.90. The Balaban J connectivity index is 2.35. The van der Waals surface area contributed by atoms with E-state index >= 15 is 0 Å². The molecule has 0 amide bonds. The number of aromatic nitrogens is 2. The van der Waals surface area contributed by atoms with Gasteiger partial charge in [0.2, 0.25) is 0 Å². The molecule has 6 heteroatoms. The van der Waals surface area contributed by atoms with Crippen molar-refractivity contribution in [3.05, 3.63) is 29.5 Å². The Bertz CT molecular complexity index is 589. The van der Waals surface area contributed by atoms with Crippen LogP contribution in [0.4, 0.5) is 5.82 Å². The molecule has 0 aliphatic carbocycles. The summed E-state index contributed by atoms with van der Waals surface area (Å²) in [4.78, 5) is 20.7. The number of hydrogen-bond donors (Lipinski definition) is 1. The molecule has 2 aromatic rings. The van der Waals surface area contributed by atoms with Crippen LogP contribution in [-0.2, 0) is 4.79 Å². The summed E-state index contributed by atoms with van der Waals surface area (Å²) in [6, 6.07) is 5.36. The molecule has 2 rings (SSSR count). The molecule has 0 unspecified atom stereocenters. The molecule has 94 valence electrons. The van der Waals surface area contributed by atoms with E-state index in [-0.39, 0.29) is 6.42 Å². The van der Waals surface area contributed by atoms with Crippen LogP contribution in [0, 0.1) is 0 Å². The van der Waals surface area contributed by atoms with Gasteiger partial charge in [0.25, 0.3) is 0 Å². The van der Waals surface area contributed by atoms with Crippen LogP contribution < -0.4 is 4.90 Å². The van der Waals surface area contributed by atoms with Gasteiger partial charge in [-0.2, -0.15) is 0 Å². The molecule has 0 saturated heterocycles. The van der Waals surface area contributed by atoms with Crippen LogP contribution in [0.25, 0.3) is 10.9 Å². The molecule has 0 saturated carbocycles. The third kappa shape index (κ3) is 2.68. The second-order valence-electron chi connectivity index (χ2n) is 3.92. The van der Waals surface area contributed by atoms with Crippen molar-refractivity contribution in [3.63, 3.8) is 0 Å². The minimum Gasteiger partial charge on any atom is -0.481 e. The third-order valence-corrected chi connectivity index (χ3v) is 2.84. The highest BCUT2D eigenvalue weighted by molar-refractivity contribution is 6.31. The molecule has 1 heterocycles. The number of halogens is 1. The van der Waals surface area contributed by atoms with Crippen molar-refractivity contribution in [3.8, 4) is 0 Å². The lowest BCUT2D eigenvalue weighted by Crippen LogP contribution is -2.22. The number of anilines is 1. The smallest absolute Gasteiger partial charge is 0.305 e. The standard InChI is InChI=1S/C12H12ClN3O2/c1-16(5-4-11(17)18)12-9-3-2-8(13)6-10(9)14-7-15-12/h2-3,6-7H,4-5H2,1H3,(H,17,18). The van der Waals surface area contributed by atoms with Gasteiger partial charge in [0.05, 0.1) is 11.9 Å². The van der Waals surface area contributed by atoms with Crippen LogP contribution in [0.2, 0.25) is 5.02 Å². The summed E-state index contributed by atoms with van der Waals surface area (Å²) in [5.74, 6) is -0.124. The first-order valence-electron chi connectivity index (χ1n) is 5.41. The zero-order valence-corrected chi connectivity index (χ0v) is 10.6. The number of carboxylic acid groups (broad SMARTS) is 1. The van der Waals surface area contributed by atoms with E-state index in [4.69, 9.17) is 16.7 Å². The van der Waals surface area contributed by atoms with Crippen LogP contribution >= 0.6 is 11.6 Å². The van der Waals surface area contributed by atoms with Gasteiger partial charge in [-0.25, -0.2) is 9.97 Å². The number of carbonyl (C=O) groups is 1. The maximum absolute atomic E-state index is 10.6. The Kier molecular flexibility index (Phi) is 3.62. The number of rotatable bonds is 4. The van der Waals surface area contributed by atoms with Gasteiger partial charge in [0.15, 0.2) is 0 Å². The highest BCUT2D eigenvalue weighted by atomic mass is 35.5. The van der Waals surface area contributed by atoms with Crippen molar-refractivity contribution in [2.45, 2.75) is 6.42 Å². The first-order chi connectivity index (χ1) is 8.58. The molecule has 0 fully saturated rings. The van der Waals surface area contributed by atoms with Crippen LogP contribution in [0.3, 0.4) is 0 Å². The van der Waals surface area contributed by atoms with E-state index in [0.29, 0.717) is 17.4 Å². The summed E-state index contributed by atoms with van der Waals surface area (Å²) < 4.78 is 0. The molecular formula is C12H12ClN3O2. The van der Waals surface area contributed by atoms with Crippen molar-refractivity contribution in [1.82, 2.24) is 9.97 Å². The highest BCUT2D eigenvalue weighted by Crippen LogP contribution is 2.24. The molecule has 1 N–H and O–H groups in total. The van der Waals surface area contributed by atoms with Crippen molar-refractivity contribution in [2.75, 3.05) is 18.5 Å². The fourth-order valence-corrected chi connectivity index (χ4v) is 1.86. The Morgan fingerprint density at radius 3 is 2.94 bits per heavy atom. The molecule has 1 aromatic heterocycles. The van der Waals surface area contributed by atoms with Gasteiger partial charge in [-0.15, -0.1) is 0 Å². The molecule has 0 aliphatic heterocycles. The zero-order valence-electron chi connectivity index (χ0n) is 9.80. The second-order valence-corrected chi connectivity index (χ2v) is 4.36. The average molecular weight is 266 g/mol. The molecule has 0 atom stereocenters. The predicted octanol–water partition coefficient (Wildman–Crippen LogP) is 2.19. The van der Waals surface area contributed by atoms with Gasteiger partial charge < -0.3 is 10.0 Å². The number of hydrogen-bond acceptors (Lipinski definition) is 4. The van der Waals surface area contributed by atoms with Crippen molar-refractivity contribution in [2.24, 2.45) is 0 Å². The second kappa shape index (κ2) is 5.18. The quantitative estimate of drug-likeness (QED) is 0.918. The number of aliphatic carboxylic acids is 1. The molecule has 0 bridgehead atoms. The first kappa shape index (κ1) is 12.6. The van der Waals surface area contributed by atoms with Crippen LogP contribution in [0.5, 0.6) is 0 Å². The van der Waals surface area contributed by atoms with Crippen LogP contribution in [0.1, 0.15) is 6.42 Å². The summed E-state index contributed by atoms with van der Waals surface area (Å²) in [7, 11) is 1.80. The minimum absolute atomic E-state index is 0.0651. The van der Waals surface area contributed by atoms with Crippen molar-refractivity contribution >= 4 is 34.3 Å². The van der Waals surface area contributed by atoms with Gasteiger partial charge in [0, 0.05) is 24.0 Å². The Morgan fingerprint density at radius 2 is 2.22 bits per heavy atom. The fourth-order valence-electron chi connectivity index (χ4n) is 1.69. The van der Waals surface area contributed by atoms with E-state index in [1.165, 1.54) is 6.33 Å². The number of carboxylic acids is 1. The summed E-state index contributed by atoms with van der Waals surface area (Å²) in [5, 5.41) is 10.1. The molecular weight excluding hydrogens is 254 g/mol. The Labute approximate surface area is 109 Å². The Morgan fingerprint density at radius 1 is 1.44 bits per heavy atom. The largest absolute Gasteiger partial charge is 0.481 e. The number of fused-ring (bicyclic) bond motifs is 1. The maximum atomic E-state index is 10.6. The topological polar surface area (TPSA) is 66.3 Å². The first-order valence-corrected chi connectivity index (χ1v) is 5.79. The predicted molar refractivity (Wildman–Crippen MR) is 70.1 cm³/mol. The third-order valence-electron chi connectivity index (χ3n) is 2.60. The monoisotopic (exact) mass is 265 g/mol. The summed E-state index contributed by atoms with van der Waals surface area (Å²) in [6.45, 7) is 0.393. The molecule has 18 heavy (non-hydrogen) atoms. The molecule has 0 spiro atoms. The molecule has 0 radical (unpaired) electrons. The lowest BCUT2D eigenvalue weighted by Gasteiger charge is -2.18. The van der Waals surface area contributed by atoms with Gasteiger partial charge in [0.1, 0.15) is 12.1 Å². The summed E-state index contributed by atoms with van der Waals surface area (Å²) in [5.41, 5.74) is 0.745. The van der Waals surface area contributed by atoms with E-state index < -0.39 is 5.97 Å². The number of benzene rings is 1. The van der Waals surface area contributed by atoms with Gasteiger partial charge in [-0.3, -0.25) is 4.79 Å². The SMILES string of the molecule is CN(CCC(=O)O)c1ncnc2cc(Cl)ccc12. The fraction of sp³-hybridized carbons (Fsp3) is 0.250. The van der Waals surface area contributed by atoms with E-state index in [1.807, 2.05) is 6.07 Å². The van der Waals surface area contributed by atoms with Crippen LogP contribution in [-0.4, -0.2) is 34.6 Å². The van der Waals surface area contributed by atoms with E-state index in [1.54, 1.807) is 24.1 Å². The van der Waals surface area contributed by atoms with Crippen LogP contribution in [0.15, 0.2) is 24.5 Å². The maximum Gasteiger partial charge on any atom is 0.305 e. The van der Waals surface area contributed by atoms with Gasteiger partial charge in [-0.05, 0) is 18.2 Å². The van der Waals surface area contributed by atoms with E-state index in [2.05, 4.69) is 9.97 Å². The Hall–Kier alpha value is -1.88. The normalized spacial score (nSPS) is 10.6. The number of nitrogens with zero attached hydrogens (tertiary/aromatic N) is 3. The lowest BCUT2D eigenvalue weighted by atomic mass is 10.2. The highest BCUT2D eigenvalue weighted by Gasteiger charge is 2.10. The van der Waals surface area contributed by atoms with E-state index in [9.17, 15) is 4.79 Å². The van der Waals surface area contributed by atoms with Gasteiger partial charge >= 0.3 is 5.97 Å². The van der Waals surface area contributed by atoms with Crippen molar-refractivity contribution < 1.29 is 9.90 Å². The zero-order chi connectivity index (χ0) is 13.1. The average Bonchev–Trinajstić information content (AvgIpc) is 2.34. The molecule has 1 aromatic carbocycles. The van der Waals surface area contributed by atoms with Gasteiger partial charge in [-0.1, -0.05) is 11.6 Å².